The van der Waals surface area contributed by atoms with Gasteiger partial charge in [-0.25, -0.2) is 18.1 Å². The lowest BCUT2D eigenvalue weighted by Crippen LogP contribution is -2.23. The highest BCUT2D eigenvalue weighted by Crippen LogP contribution is 2.26. The molecule has 3 aromatic heterocycles. The van der Waals surface area contributed by atoms with Crippen LogP contribution in [0.4, 0.5) is 13.2 Å². The van der Waals surface area contributed by atoms with Crippen molar-refractivity contribution >= 4 is 42.8 Å². The molecule has 3 rings (SSSR count). The Labute approximate surface area is 143 Å². The number of fused-ring (bicyclic) bond motifs is 1. The van der Waals surface area contributed by atoms with Crippen molar-refractivity contribution in [1.29, 1.82) is 0 Å². The fourth-order valence-electron chi connectivity index (χ4n) is 2.03. The molecular formula is C13H10F3N3O2S3. The van der Waals surface area contributed by atoms with E-state index in [-0.39, 0.29) is 22.1 Å². The molecule has 128 valence electrons. The Morgan fingerprint density at radius 1 is 1.21 bits per heavy atom. The zero-order chi connectivity index (χ0) is 17.4. The van der Waals surface area contributed by atoms with E-state index >= 15 is 0 Å². The van der Waals surface area contributed by atoms with Crippen LogP contribution < -0.4 is 4.72 Å². The molecule has 3 aromatic rings. The first-order chi connectivity index (χ1) is 11.2. The van der Waals surface area contributed by atoms with Crippen molar-refractivity contribution < 1.29 is 21.6 Å². The average Bonchev–Trinajstić information content (AvgIpc) is 3.11. The zero-order valence-electron chi connectivity index (χ0n) is 11.9. The minimum Gasteiger partial charge on any atom is -0.262 e. The van der Waals surface area contributed by atoms with Crippen LogP contribution in [-0.4, -0.2) is 24.6 Å². The number of rotatable bonds is 5. The second-order valence-electron chi connectivity index (χ2n) is 4.82. The molecule has 0 saturated heterocycles. The van der Waals surface area contributed by atoms with Gasteiger partial charge < -0.3 is 0 Å². The fraction of sp³-hybridized carbons (Fsp3) is 0.231. The zero-order valence-corrected chi connectivity index (χ0v) is 14.3. The van der Waals surface area contributed by atoms with Gasteiger partial charge in [-0.05, 0) is 11.4 Å². The summed E-state index contributed by atoms with van der Waals surface area (Å²) in [6.07, 6.45) is -2.66. The highest BCUT2D eigenvalue weighted by molar-refractivity contribution is 7.89. The number of alkyl halides is 3. The quantitative estimate of drug-likeness (QED) is 0.722. The second-order valence-corrected chi connectivity index (χ2v) is 8.44. The standard InChI is InChI=1S/C13H10F3N3O2S3/c14-13(15,16)3-8-7-23-12(19-8)6-18-24(20,21)11-5-17-4-10-9(11)1-2-22-10/h1-2,4-5,7,18H,3,6H2. The number of aromatic nitrogens is 2. The van der Waals surface area contributed by atoms with Crippen LogP contribution >= 0.6 is 22.7 Å². The third-order valence-electron chi connectivity index (χ3n) is 3.03. The van der Waals surface area contributed by atoms with Crippen molar-refractivity contribution in [3.8, 4) is 0 Å². The predicted molar refractivity (Wildman–Crippen MR) is 85.5 cm³/mol. The van der Waals surface area contributed by atoms with E-state index in [1.54, 1.807) is 17.6 Å². The van der Waals surface area contributed by atoms with Gasteiger partial charge in [-0.15, -0.1) is 22.7 Å². The Bertz CT molecular complexity index is 963. The van der Waals surface area contributed by atoms with Crippen LogP contribution in [-0.2, 0) is 23.0 Å². The van der Waals surface area contributed by atoms with Gasteiger partial charge in [-0.1, -0.05) is 0 Å². The highest BCUT2D eigenvalue weighted by atomic mass is 32.2. The van der Waals surface area contributed by atoms with Crippen LogP contribution in [0.5, 0.6) is 0 Å². The minimum atomic E-state index is -4.34. The van der Waals surface area contributed by atoms with Crippen molar-refractivity contribution in [1.82, 2.24) is 14.7 Å². The molecule has 0 unspecified atom stereocenters. The van der Waals surface area contributed by atoms with Crippen molar-refractivity contribution in [3.63, 3.8) is 0 Å². The molecule has 0 aliphatic heterocycles. The summed E-state index contributed by atoms with van der Waals surface area (Å²) in [5, 5.41) is 3.86. The van der Waals surface area contributed by atoms with Gasteiger partial charge in [-0.2, -0.15) is 13.2 Å². The maximum Gasteiger partial charge on any atom is 0.394 e. The number of sulfonamides is 1. The summed E-state index contributed by atoms with van der Waals surface area (Å²) in [4.78, 5) is 7.74. The van der Waals surface area contributed by atoms with Gasteiger partial charge >= 0.3 is 6.18 Å². The monoisotopic (exact) mass is 393 g/mol. The molecular weight excluding hydrogens is 383 g/mol. The third-order valence-corrected chi connectivity index (χ3v) is 6.21. The van der Waals surface area contributed by atoms with E-state index < -0.39 is 22.6 Å². The number of halogens is 3. The molecule has 0 aliphatic carbocycles. The van der Waals surface area contributed by atoms with Gasteiger partial charge in [0.1, 0.15) is 9.90 Å². The topological polar surface area (TPSA) is 72.0 Å². The summed E-state index contributed by atoms with van der Waals surface area (Å²) in [7, 11) is -3.84. The first kappa shape index (κ1) is 17.3. The van der Waals surface area contributed by atoms with E-state index in [1.807, 2.05) is 0 Å². The van der Waals surface area contributed by atoms with E-state index in [2.05, 4.69) is 14.7 Å². The van der Waals surface area contributed by atoms with E-state index in [9.17, 15) is 21.6 Å². The second kappa shape index (κ2) is 6.39. The maximum absolute atomic E-state index is 12.4. The molecule has 11 heteroatoms. The lowest BCUT2D eigenvalue weighted by atomic mass is 10.3. The Kier molecular flexibility index (Phi) is 4.60. The first-order valence-electron chi connectivity index (χ1n) is 6.55. The number of thiophene rings is 1. The van der Waals surface area contributed by atoms with E-state index in [0.717, 1.165) is 16.0 Å². The summed E-state index contributed by atoms with van der Waals surface area (Å²) < 4.78 is 64.8. The van der Waals surface area contributed by atoms with Crippen LogP contribution in [0.25, 0.3) is 10.1 Å². The molecule has 0 amide bonds. The fourth-order valence-corrected chi connectivity index (χ4v) is 4.85. The summed E-state index contributed by atoms with van der Waals surface area (Å²) >= 11 is 2.35. The smallest absolute Gasteiger partial charge is 0.262 e. The van der Waals surface area contributed by atoms with Gasteiger partial charge in [0.15, 0.2) is 0 Å². The molecule has 0 atom stereocenters. The van der Waals surface area contributed by atoms with Gasteiger partial charge in [0.25, 0.3) is 0 Å². The van der Waals surface area contributed by atoms with Gasteiger partial charge in [0.2, 0.25) is 10.0 Å². The lowest BCUT2D eigenvalue weighted by Gasteiger charge is -2.06. The molecule has 0 aromatic carbocycles. The summed E-state index contributed by atoms with van der Waals surface area (Å²) in [5.41, 5.74) is -0.122. The Hall–Kier alpha value is -1.56. The van der Waals surface area contributed by atoms with Crippen molar-refractivity contribution in [2.75, 3.05) is 0 Å². The Morgan fingerprint density at radius 3 is 2.75 bits per heavy atom. The molecule has 0 saturated carbocycles. The molecule has 0 bridgehead atoms. The number of nitrogens with one attached hydrogen (secondary N) is 1. The van der Waals surface area contributed by atoms with Crippen molar-refractivity contribution in [3.05, 3.63) is 39.9 Å². The number of thiazole rings is 1. The van der Waals surface area contributed by atoms with Crippen LogP contribution in [0.15, 0.2) is 34.1 Å². The Morgan fingerprint density at radius 2 is 2.00 bits per heavy atom. The lowest BCUT2D eigenvalue weighted by molar-refractivity contribution is -0.127. The van der Waals surface area contributed by atoms with Gasteiger partial charge in [-0.3, -0.25) is 4.98 Å². The van der Waals surface area contributed by atoms with Crippen LogP contribution in [0.2, 0.25) is 0 Å². The van der Waals surface area contributed by atoms with Crippen LogP contribution in [0.1, 0.15) is 10.7 Å². The molecule has 24 heavy (non-hydrogen) atoms. The van der Waals surface area contributed by atoms with E-state index in [1.165, 1.54) is 22.9 Å². The molecule has 0 aliphatic rings. The number of hydrogen-bond acceptors (Lipinski definition) is 6. The molecule has 5 nitrogen and oxygen atoms in total. The van der Waals surface area contributed by atoms with E-state index in [4.69, 9.17) is 0 Å². The SMILES string of the molecule is O=S(=O)(NCc1nc(CC(F)(F)F)cs1)c1cncc2sccc12. The average molecular weight is 393 g/mol. The van der Waals surface area contributed by atoms with Crippen LogP contribution in [0.3, 0.4) is 0 Å². The number of pyridine rings is 1. The van der Waals surface area contributed by atoms with E-state index in [0.29, 0.717) is 5.39 Å². The first-order valence-corrected chi connectivity index (χ1v) is 9.80. The summed E-state index contributed by atoms with van der Waals surface area (Å²) in [6.45, 7) is -0.175. The number of hydrogen-bond donors (Lipinski definition) is 1. The highest BCUT2D eigenvalue weighted by Gasteiger charge is 2.29. The molecule has 3 heterocycles. The Balaban J connectivity index is 1.75. The maximum atomic E-state index is 12.4. The largest absolute Gasteiger partial charge is 0.394 e. The number of nitrogens with zero attached hydrogens (tertiary/aromatic N) is 2. The van der Waals surface area contributed by atoms with Gasteiger partial charge in [0, 0.05) is 23.2 Å². The summed E-state index contributed by atoms with van der Waals surface area (Å²) in [6, 6.07) is 1.68. The molecule has 0 spiro atoms. The van der Waals surface area contributed by atoms with Crippen molar-refractivity contribution in [2.45, 2.75) is 24.0 Å². The van der Waals surface area contributed by atoms with Crippen LogP contribution in [0, 0.1) is 0 Å². The molecule has 0 radical (unpaired) electrons. The van der Waals surface area contributed by atoms with Gasteiger partial charge in [0.05, 0.1) is 23.4 Å². The third kappa shape index (κ3) is 3.91. The normalized spacial score (nSPS) is 12.8. The molecule has 1 N–H and O–H groups in total. The van der Waals surface area contributed by atoms with Crippen molar-refractivity contribution in [2.24, 2.45) is 0 Å². The minimum absolute atomic E-state index is 0.0355. The molecule has 0 fully saturated rings. The predicted octanol–water partition coefficient (Wildman–Crippen LogP) is 3.34. The summed E-state index contributed by atoms with van der Waals surface area (Å²) in [5.74, 6) is 0.